The number of amides is 1. The molecule has 1 aromatic carbocycles. The smallest absolute Gasteiger partial charge is 0.251 e. The van der Waals surface area contributed by atoms with Crippen LogP contribution >= 0.6 is 11.8 Å². The summed E-state index contributed by atoms with van der Waals surface area (Å²) in [5.74, 6) is 0.653. The molecule has 6 heteroatoms. The van der Waals surface area contributed by atoms with Gasteiger partial charge in [-0.3, -0.25) is 4.79 Å². The van der Waals surface area contributed by atoms with Crippen LogP contribution in [-0.4, -0.2) is 41.5 Å². The summed E-state index contributed by atoms with van der Waals surface area (Å²) < 4.78 is 5.20. The summed E-state index contributed by atoms with van der Waals surface area (Å²) in [5.41, 5.74) is 0.708. The molecule has 3 atom stereocenters. The number of benzene rings is 1. The van der Waals surface area contributed by atoms with E-state index in [1.165, 1.54) is 31.1 Å². The summed E-state index contributed by atoms with van der Waals surface area (Å²) in [6, 6.07) is 7.91. The van der Waals surface area contributed by atoms with Crippen molar-refractivity contribution < 1.29 is 9.21 Å². The van der Waals surface area contributed by atoms with Gasteiger partial charge in [-0.2, -0.15) is 0 Å². The minimum absolute atomic E-state index is 0.0231. The van der Waals surface area contributed by atoms with E-state index in [1.807, 2.05) is 24.3 Å². The van der Waals surface area contributed by atoms with E-state index in [9.17, 15) is 4.79 Å². The maximum atomic E-state index is 12.3. The Kier molecular flexibility index (Phi) is 3.63. The largest absolute Gasteiger partial charge is 0.437 e. The van der Waals surface area contributed by atoms with Gasteiger partial charge in [-0.05, 0) is 43.1 Å². The van der Waals surface area contributed by atoms with E-state index in [-0.39, 0.29) is 5.91 Å². The molecule has 0 saturated carbocycles. The highest BCUT2D eigenvalue weighted by Crippen LogP contribution is 2.29. The number of piperidine rings is 1. The number of nitrogens with zero attached hydrogens (tertiary/aromatic N) is 2. The lowest BCUT2D eigenvalue weighted by molar-refractivity contribution is 0.0924. The van der Waals surface area contributed by atoms with Crippen molar-refractivity contribution in [3.05, 3.63) is 42.4 Å². The predicted molar refractivity (Wildman–Crippen MR) is 82.9 cm³/mol. The van der Waals surface area contributed by atoms with Crippen molar-refractivity contribution in [2.45, 2.75) is 22.5 Å². The fourth-order valence-electron chi connectivity index (χ4n) is 3.24. The lowest BCUT2D eigenvalue weighted by atomic mass is 9.99. The molecule has 22 heavy (non-hydrogen) atoms. The highest BCUT2D eigenvalue weighted by Gasteiger charge is 2.38. The van der Waals surface area contributed by atoms with Gasteiger partial charge in [0, 0.05) is 29.6 Å². The maximum Gasteiger partial charge on any atom is 0.251 e. The third-order valence-corrected chi connectivity index (χ3v) is 5.30. The number of rotatable bonds is 4. The van der Waals surface area contributed by atoms with E-state index < -0.39 is 0 Å². The summed E-state index contributed by atoms with van der Waals surface area (Å²) in [6.07, 6.45) is 4.29. The predicted octanol–water partition coefficient (Wildman–Crippen LogP) is 2.26. The summed E-state index contributed by atoms with van der Waals surface area (Å²) in [5, 5.41) is 3.92. The van der Waals surface area contributed by atoms with E-state index in [0.717, 1.165) is 23.1 Å². The first-order valence-corrected chi connectivity index (χ1v) is 8.29. The van der Waals surface area contributed by atoms with Gasteiger partial charge in [0.2, 0.25) is 0 Å². The second-order valence-corrected chi connectivity index (χ2v) is 6.91. The van der Waals surface area contributed by atoms with Gasteiger partial charge in [-0.25, -0.2) is 4.98 Å². The molecule has 1 aromatic heterocycles. The molecule has 114 valence electrons. The van der Waals surface area contributed by atoms with Crippen molar-refractivity contribution in [2.75, 3.05) is 19.6 Å². The summed E-state index contributed by atoms with van der Waals surface area (Å²) >= 11 is 1.49. The number of carbonyl (C=O) groups is 1. The molecule has 4 rings (SSSR count). The molecule has 2 aliphatic rings. The lowest BCUT2D eigenvalue weighted by Crippen LogP contribution is -2.43. The molecule has 0 aliphatic carbocycles. The van der Waals surface area contributed by atoms with E-state index >= 15 is 0 Å². The third-order valence-electron chi connectivity index (χ3n) is 4.39. The average molecular weight is 315 g/mol. The van der Waals surface area contributed by atoms with Crippen LogP contribution < -0.4 is 5.32 Å². The Morgan fingerprint density at radius 3 is 2.82 bits per heavy atom. The number of hydrogen-bond acceptors (Lipinski definition) is 5. The Morgan fingerprint density at radius 1 is 1.32 bits per heavy atom. The zero-order valence-electron chi connectivity index (χ0n) is 12.1. The molecule has 2 aromatic rings. The first kappa shape index (κ1) is 13.8. The van der Waals surface area contributed by atoms with Gasteiger partial charge in [0.1, 0.15) is 0 Å². The minimum Gasteiger partial charge on any atom is -0.437 e. The highest BCUT2D eigenvalue weighted by atomic mass is 32.2. The van der Waals surface area contributed by atoms with E-state index in [2.05, 4.69) is 15.2 Å². The topological polar surface area (TPSA) is 58.4 Å². The maximum absolute atomic E-state index is 12.3. The number of oxazole rings is 1. The van der Waals surface area contributed by atoms with Crippen LogP contribution in [-0.2, 0) is 0 Å². The monoisotopic (exact) mass is 315 g/mol. The molecule has 2 fully saturated rings. The Labute approximate surface area is 133 Å². The van der Waals surface area contributed by atoms with E-state index in [4.69, 9.17) is 4.42 Å². The van der Waals surface area contributed by atoms with Crippen LogP contribution in [0.1, 0.15) is 16.8 Å². The highest BCUT2D eigenvalue weighted by molar-refractivity contribution is 7.99. The number of carbonyl (C=O) groups excluding carboxylic acids is 1. The molecule has 1 N–H and O–H groups in total. The second-order valence-electron chi connectivity index (χ2n) is 5.84. The minimum atomic E-state index is 0.0231. The normalized spacial score (nSPS) is 26.3. The number of fused-ring (bicyclic) bond motifs is 2. The Morgan fingerprint density at radius 2 is 2.18 bits per heavy atom. The van der Waals surface area contributed by atoms with Crippen molar-refractivity contribution in [1.82, 2.24) is 15.2 Å². The zero-order valence-corrected chi connectivity index (χ0v) is 12.9. The summed E-state index contributed by atoms with van der Waals surface area (Å²) in [7, 11) is 0. The van der Waals surface area contributed by atoms with Crippen LogP contribution in [0.15, 0.2) is 51.3 Å². The van der Waals surface area contributed by atoms with Crippen molar-refractivity contribution in [3.63, 3.8) is 0 Å². The van der Waals surface area contributed by atoms with Crippen molar-refractivity contribution in [2.24, 2.45) is 5.92 Å². The molecule has 2 saturated heterocycles. The lowest BCUT2D eigenvalue weighted by Gasteiger charge is -2.23. The van der Waals surface area contributed by atoms with E-state index in [0.29, 0.717) is 17.5 Å². The first-order valence-electron chi connectivity index (χ1n) is 7.47. The van der Waals surface area contributed by atoms with E-state index in [1.54, 1.807) is 6.20 Å². The molecular formula is C16H17N3O2S. The van der Waals surface area contributed by atoms with Gasteiger partial charge in [0.05, 0.1) is 6.20 Å². The fourth-order valence-corrected chi connectivity index (χ4v) is 3.95. The van der Waals surface area contributed by atoms with Crippen molar-refractivity contribution in [3.8, 4) is 0 Å². The van der Waals surface area contributed by atoms with Crippen LogP contribution in [0.5, 0.6) is 0 Å². The Bertz CT molecular complexity index is 657. The third kappa shape index (κ3) is 2.76. The zero-order chi connectivity index (χ0) is 14.9. The quantitative estimate of drug-likeness (QED) is 0.938. The molecule has 3 unspecified atom stereocenters. The van der Waals surface area contributed by atoms with Crippen LogP contribution in [0.4, 0.5) is 0 Å². The molecule has 3 heterocycles. The SMILES string of the molecule is O=C(NC1CN2CCC1C2)c1ccc(Sc2cnco2)cc1. The molecule has 0 spiro atoms. The van der Waals surface area contributed by atoms with Crippen LogP contribution in [0.3, 0.4) is 0 Å². The van der Waals surface area contributed by atoms with Gasteiger partial charge >= 0.3 is 0 Å². The molecule has 2 aliphatic heterocycles. The summed E-state index contributed by atoms with van der Waals surface area (Å²) in [4.78, 5) is 19.7. The van der Waals surface area contributed by atoms with Crippen LogP contribution in [0, 0.1) is 5.92 Å². The van der Waals surface area contributed by atoms with Gasteiger partial charge in [0.25, 0.3) is 5.91 Å². The average Bonchev–Trinajstić information content (AvgIpc) is 3.25. The molecule has 5 nitrogen and oxygen atoms in total. The van der Waals surface area contributed by atoms with Crippen LogP contribution in [0.25, 0.3) is 0 Å². The molecule has 2 bridgehead atoms. The summed E-state index contributed by atoms with van der Waals surface area (Å²) in [6.45, 7) is 3.32. The molecule has 1 amide bonds. The van der Waals surface area contributed by atoms with Gasteiger partial charge in [-0.15, -0.1) is 0 Å². The first-order chi connectivity index (χ1) is 10.8. The fraction of sp³-hybridized carbons (Fsp3) is 0.375. The van der Waals surface area contributed by atoms with Crippen molar-refractivity contribution >= 4 is 17.7 Å². The second kappa shape index (κ2) is 5.78. The molecular weight excluding hydrogens is 298 g/mol. The van der Waals surface area contributed by atoms with Crippen molar-refractivity contribution in [1.29, 1.82) is 0 Å². The van der Waals surface area contributed by atoms with Gasteiger partial charge in [0.15, 0.2) is 11.5 Å². The Hall–Kier alpha value is -1.79. The Balaban J connectivity index is 1.38. The van der Waals surface area contributed by atoms with Gasteiger partial charge < -0.3 is 14.6 Å². The van der Waals surface area contributed by atoms with Crippen LogP contribution in [0.2, 0.25) is 0 Å². The number of nitrogens with one attached hydrogen (secondary N) is 1. The standard InChI is InChI=1S/C16H17N3O2S/c20-16(18-14-9-19-6-5-12(14)8-19)11-1-3-13(4-2-11)22-15-7-17-10-21-15/h1-4,7,10,12,14H,5-6,8-9H2,(H,18,20). The number of aromatic nitrogens is 1. The molecule has 0 radical (unpaired) electrons. The number of hydrogen-bond donors (Lipinski definition) is 1. The van der Waals surface area contributed by atoms with Gasteiger partial charge in [-0.1, -0.05) is 11.8 Å².